The van der Waals surface area contributed by atoms with E-state index >= 15 is 0 Å². The van der Waals surface area contributed by atoms with E-state index in [1.165, 1.54) is 0 Å². The fourth-order valence-corrected chi connectivity index (χ4v) is 4.60. The van der Waals surface area contributed by atoms with Gasteiger partial charge >= 0.3 is 0 Å². The quantitative estimate of drug-likeness (QED) is 0.465. The summed E-state index contributed by atoms with van der Waals surface area (Å²) in [4.78, 5) is 31.9. The van der Waals surface area contributed by atoms with E-state index in [1.807, 2.05) is 53.2 Å². The van der Waals surface area contributed by atoms with Crippen LogP contribution < -0.4 is 5.32 Å². The number of aromatic nitrogens is 2. The van der Waals surface area contributed by atoms with E-state index < -0.39 is 6.04 Å². The zero-order valence-electron chi connectivity index (χ0n) is 18.7. The first-order chi connectivity index (χ1) is 16.6. The third kappa shape index (κ3) is 4.37. The van der Waals surface area contributed by atoms with Gasteiger partial charge in [-0.1, -0.05) is 54.6 Å². The summed E-state index contributed by atoms with van der Waals surface area (Å²) in [6.45, 7) is 1.59. The summed E-state index contributed by atoms with van der Waals surface area (Å²) in [6, 6.07) is 18.4. The lowest BCUT2D eigenvalue weighted by Crippen LogP contribution is -2.45. The van der Waals surface area contributed by atoms with Gasteiger partial charge in [0.15, 0.2) is 0 Å². The third-order valence-electron chi connectivity index (χ3n) is 6.33. The van der Waals surface area contributed by atoms with Crippen molar-refractivity contribution in [3.8, 4) is 5.75 Å². The average Bonchev–Trinajstić information content (AvgIpc) is 3.55. The number of carbonyl (C=O) groups excluding carboxylic acids is 2. The van der Waals surface area contributed by atoms with Crippen molar-refractivity contribution in [2.24, 2.45) is 0 Å². The molecule has 2 N–H and O–H groups in total. The van der Waals surface area contributed by atoms with Crippen molar-refractivity contribution in [2.75, 3.05) is 6.54 Å². The molecule has 0 bridgehead atoms. The maximum Gasteiger partial charge on any atom is 0.258 e. The zero-order valence-corrected chi connectivity index (χ0v) is 18.7. The Morgan fingerprint density at radius 2 is 1.91 bits per heavy atom. The van der Waals surface area contributed by atoms with Crippen LogP contribution in [0.4, 0.5) is 0 Å². The average molecular weight is 455 g/mol. The number of hydrogen-bond acceptors (Lipinski definition) is 4. The monoisotopic (exact) mass is 454 g/mol. The van der Waals surface area contributed by atoms with Crippen LogP contribution >= 0.6 is 0 Å². The Morgan fingerprint density at radius 3 is 2.76 bits per heavy atom. The number of carbonyl (C=O) groups is 2. The van der Waals surface area contributed by atoms with Gasteiger partial charge in [-0.2, -0.15) is 0 Å². The lowest BCUT2D eigenvalue weighted by Gasteiger charge is -2.24. The Morgan fingerprint density at radius 1 is 1.06 bits per heavy atom. The number of hydrogen-bond donors (Lipinski definition) is 2. The Kier molecular flexibility index (Phi) is 5.99. The van der Waals surface area contributed by atoms with Gasteiger partial charge in [-0.3, -0.25) is 9.59 Å². The predicted molar refractivity (Wildman–Crippen MR) is 129 cm³/mol. The molecule has 1 saturated heterocycles. The Labute approximate surface area is 197 Å². The van der Waals surface area contributed by atoms with Crippen LogP contribution in [0.3, 0.4) is 0 Å². The summed E-state index contributed by atoms with van der Waals surface area (Å²) in [5, 5.41) is 15.2. The Balaban J connectivity index is 1.26. The maximum absolute atomic E-state index is 13.3. The van der Waals surface area contributed by atoms with Gasteiger partial charge in [-0.05, 0) is 35.4 Å². The van der Waals surface area contributed by atoms with Crippen LogP contribution in [0.2, 0.25) is 0 Å². The van der Waals surface area contributed by atoms with Gasteiger partial charge in [-0.25, -0.2) is 4.98 Å². The van der Waals surface area contributed by atoms with Crippen LogP contribution in [-0.4, -0.2) is 44.0 Å². The smallest absolute Gasteiger partial charge is 0.258 e. The van der Waals surface area contributed by atoms with Crippen molar-refractivity contribution < 1.29 is 14.7 Å². The van der Waals surface area contributed by atoms with Crippen molar-refractivity contribution in [3.63, 3.8) is 0 Å². The van der Waals surface area contributed by atoms with Gasteiger partial charge in [0.1, 0.15) is 11.8 Å². The molecular formula is C27H26N4O3. The highest BCUT2D eigenvalue weighted by atomic mass is 16.3. The summed E-state index contributed by atoms with van der Waals surface area (Å²) in [6.07, 6.45) is 6.78. The minimum Gasteiger partial charge on any atom is -0.506 e. The number of likely N-dealkylation sites (tertiary alicyclic amines) is 1. The second-order valence-corrected chi connectivity index (χ2v) is 8.61. The molecule has 0 radical (unpaired) electrons. The largest absolute Gasteiger partial charge is 0.506 e. The molecule has 7 nitrogen and oxygen atoms in total. The standard InChI is InChI=1S/C27H26N4O3/c32-25-22-8-2-1-7-21(22)10-11-23(25)27(34)31-13-4-9-24(31)26(33)29-16-19-5-3-6-20(15-19)17-30-14-12-28-18-30/h1-3,5-8,10-12,14-15,18,24,32H,4,9,13,16-17H2,(H,29,33). The number of fused-ring (bicyclic) bond motifs is 1. The predicted octanol–water partition coefficient (Wildman–Crippen LogP) is 3.71. The van der Waals surface area contributed by atoms with Crippen LogP contribution in [0, 0.1) is 0 Å². The first-order valence-electron chi connectivity index (χ1n) is 11.4. The summed E-state index contributed by atoms with van der Waals surface area (Å²) < 4.78 is 1.99. The van der Waals surface area contributed by atoms with Gasteiger partial charge in [0.05, 0.1) is 11.9 Å². The minimum atomic E-state index is -0.549. The van der Waals surface area contributed by atoms with E-state index in [4.69, 9.17) is 0 Å². The molecule has 4 aromatic rings. The summed E-state index contributed by atoms with van der Waals surface area (Å²) >= 11 is 0. The molecule has 34 heavy (non-hydrogen) atoms. The molecule has 172 valence electrons. The van der Waals surface area contributed by atoms with E-state index in [0.29, 0.717) is 31.4 Å². The van der Waals surface area contributed by atoms with Crippen LogP contribution in [0.25, 0.3) is 10.8 Å². The highest BCUT2D eigenvalue weighted by molar-refractivity contribution is 6.05. The topological polar surface area (TPSA) is 87.5 Å². The lowest BCUT2D eigenvalue weighted by molar-refractivity contribution is -0.125. The zero-order chi connectivity index (χ0) is 23.5. The number of phenols is 1. The van der Waals surface area contributed by atoms with E-state index in [0.717, 1.165) is 22.9 Å². The molecule has 2 amide bonds. The molecule has 2 heterocycles. The van der Waals surface area contributed by atoms with E-state index in [9.17, 15) is 14.7 Å². The maximum atomic E-state index is 13.3. The fourth-order valence-electron chi connectivity index (χ4n) is 4.60. The second-order valence-electron chi connectivity index (χ2n) is 8.61. The number of nitrogens with one attached hydrogen (secondary N) is 1. The van der Waals surface area contributed by atoms with Gasteiger partial charge < -0.3 is 19.9 Å². The third-order valence-corrected chi connectivity index (χ3v) is 6.33. The van der Waals surface area contributed by atoms with Gasteiger partial charge in [0.2, 0.25) is 5.91 Å². The van der Waals surface area contributed by atoms with Crippen molar-refractivity contribution >= 4 is 22.6 Å². The fraction of sp³-hybridized carbons (Fsp3) is 0.222. The van der Waals surface area contributed by atoms with Gasteiger partial charge in [-0.15, -0.1) is 0 Å². The minimum absolute atomic E-state index is 0.0381. The highest BCUT2D eigenvalue weighted by Crippen LogP contribution is 2.31. The summed E-state index contributed by atoms with van der Waals surface area (Å²) in [5.41, 5.74) is 2.34. The number of benzene rings is 3. The van der Waals surface area contributed by atoms with Crippen LogP contribution in [0.15, 0.2) is 79.4 Å². The molecule has 5 rings (SSSR count). The molecule has 1 atom stereocenters. The normalized spacial score (nSPS) is 15.5. The molecule has 1 fully saturated rings. The molecule has 0 saturated carbocycles. The first-order valence-corrected chi connectivity index (χ1v) is 11.4. The van der Waals surface area contributed by atoms with Crippen molar-refractivity contribution in [3.05, 3.63) is 96.1 Å². The first kappa shape index (κ1) is 21.7. The van der Waals surface area contributed by atoms with Gasteiger partial charge in [0, 0.05) is 37.4 Å². The van der Waals surface area contributed by atoms with E-state index in [2.05, 4.69) is 16.4 Å². The second kappa shape index (κ2) is 9.39. The highest BCUT2D eigenvalue weighted by Gasteiger charge is 2.35. The lowest BCUT2D eigenvalue weighted by atomic mass is 10.0. The molecule has 0 spiro atoms. The number of phenolic OH excluding ortho intramolecular Hbond substituents is 1. The molecule has 7 heteroatoms. The van der Waals surface area contributed by atoms with Crippen LogP contribution in [0.5, 0.6) is 5.75 Å². The van der Waals surface area contributed by atoms with E-state index in [1.54, 1.807) is 29.6 Å². The molecule has 0 aliphatic carbocycles. The number of imidazole rings is 1. The number of rotatable bonds is 6. The Hall–Kier alpha value is -4.13. The van der Waals surface area contributed by atoms with Crippen molar-refractivity contribution in [1.29, 1.82) is 0 Å². The van der Waals surface area contributed by atoms with Crippen LogP contribution in [0.1, 0.15) is 34.3 Å². The molecule has 1 unspecified atom stereocenters. The number of aromatic hydroxyl groups is 1. The van der Waals surface area contributed by atoms with E-state index in [-0.39, 0.29) is 23.1 Å². The molecule has 1 aromatic heterocycles. The molecule has 1 aliphatic heterocycles. The summed E-state index contributed by atoms with van der Waals surface area (Å²) in [7, 11) is 0. The van der Waals surface area contributed by atoms with Crippen LogP contribution in [-0.2, 0) is 17.9 Å². The molecule has 3 aromatic carbocycles. The Bertz CT molecular complexity index is 1330. The molecular weight excluding hydrogens is 428 g/mol. The van der Waals surface area contributed by atoms with Crippen molar-refractivity contribution in [1.82, 2.24) is 19.8 Å². The number of nitrogens with zero attached hydrogens (tertiary/aromatic N) is 3. The van der Waals surface area contributed by atoms with Crippen molar-refractivity contribution in [2.45, 2.75) is 32.0 Å². The number of amides is 2. The molecule has 1 aliphatic rings. The SMILES string of the molecule is O=C(NCc1cccc(Cn2ccnc2)c1)C1CCCN1C(=O)c1ccc2ccccc2c1O. The van der Waals surface area contributed by atoms with Gasteiger partial charge in [0.25, 0.3) is 5.91 Å². The summed E-state index contributed by atoms with van der Waals surface area (Å²) in [5.74, 6) is -0.529.